The Balaban J connectivity index is 1.76. The van der Waals surface area contributed by atoms with Crippen LogP contribution in [-0.2, 0) is 0 Å². The monoisotopic (exact) mass is 487 g/mol. The number of ether oxygens (including phenoxy) is 3. The number of aromatic hydroxyl groups is 1. The minimum absolute atomic E-state index is 0.147. The van der Waals surface area contributed by atoms with Gasteiger partial charge in [0.05, 0.1) is 21.3 Å². The molecule has 0 radical (unpaired) electrons. The van der Waals surface area contributed by atoms with Gasteiger partial charge in [-0.05, 0) is 53.6 Å². The number of phenolic OH excluding ortho intramolecular Hbond substituents is 1. The summed E-state index contributed by atoms with van der Waals surface area (Å²) in [5.74, 6) is 2.37. The van der Waals surface area contributed by atoms with E-state index >= 15 is 0 Å². The van der Waals surface area contributed by atoms with Crippen LogP contribution in [0.25, 0.3) is 0 Å². The Morgan fingerprint density at radius 1 is 0.667 bits per heavy atom. The second-order valence-corrected chi connectivity index (χ2v) is 8.70. The van der Waals surface area contributed by atoms with Crippen LogP contribution in [0.4, 0.5) is 0 Å². The van der Waals surface area contributed by atoms with E-state index in [1.807, 2.05) is 61.0 Å². The molecule has 3 rings (SSSR count). The van der Waals surface area contributed by atoms with E-state index in [1.54, 1.807) is 45.7 Å². The van der Waals surface area contributed by atoms with Gasteiger partial charge in [0, 0.05) is 49.3 Å². The van der Waals surface area contributed by atoms with Crippen molar-refractivity contribution in [1.29, 1.82) is 0 Å². The molecule has 0 aliphatic carbocycles. The second kappa shape index (κ2) is 13.1. The highest BCUT2D eigenvalue weighted by Crippen LogP contribution is 2.23. The molecule has 36 heavy (non-hydrogen) atoms. The SMILES string of the molecule is COc1cccc(C=NCC(C)(CN=Cc2cccc(OC)c2)CN=Cc2cc(OC)ccc2O)c1. The van der Waals surface area contributed by atoms with Gasteiger partial charge in [0.15, 0.2) is 0 Å². The summed E-state index contributed by atoms with van der Waals surface area (Å²) in [5, 5.41) is 10.2. The van der Waals surface area contributed by atoms with Gasteiger partial charge < -0.3 is 19.3 Å². The molecule has 0 bridgehead atoms. The van der Waals surface area contributed by atoms with E-state index in [1.165, 1.54) is 0 Å². The number of benzene rings is 3. The zero-order valence-corrected chi connectivity index (χ0v) is 21.2. The van der Waals surface area contributed by atoms with Gasteiger partial charge in [-0.15, -0.1) is 0 Å². The van der Waals surface area contributed by atoms with Crippen molar-refractivity contribution >= 4 is 18.6 Å². The van der Waals surface area contributed by atoms with E-state index in [9.17, 15) is 5.11 Å². The van der Waals surface area contributed by atoms with Crippen molar-refractivity contribution in [3.63, 3.8) is 0 Å². The average molecular weight is 488 g/mol. The van der Waals surface area contributed by atoms with Gasteiger partial charge in [0.1, 0.15) is 23.0 Å². The average Bonchev–Trinajstić information content (AvgIpc) is 2.90. The maximum absolute atomic E-state index is 10.2. The Bertz CT molecular complexity index is 1160. The lowest BCUT2D eigenvalue weighted by Crippen LogP contribution is -2.28. The normalized spacial score (nSPS) is 13.3. The third kappa shape index (κ3) is 7.98. The van der Waals surface area contributed by atoms with Crippen LogP contribution in [0.5, 0.6) is 23.0 Å². The van der Waals surface area contributed by atoms with Crippen LogP contribution >= 0.6 is 0 Å². The van der Waals surface area contributed by atoms with Crippen molar-refractivity contribution in [2.45, 2.75) is 6.92 Å². The molecule has 1 N–H and O–H groups in total. The van der Waals surface area contributed by atoms with Crippen molar-refractivity contribution < 1.29 is 19.3 Å². The Labute approximate surface area is 212 Å². The highest BCUT2D eigenvalue weighted by molar-refractivity contribution is 5.84. The van der Waals surface area contributed by atoms with Crippen molar-refractivity contribution in [1.82, 2.24) is 0 Å². The summed E-state index contributed by atoms with van der Waals surface area (Å²) < 4.78 is 15.8. The molecule has 0 atom stereocenters. The number of hydrogen-bond acceptors (Lipinski definition) is 7. The topological polar surface area (TPSA) is 85.0 Å². The summed E-state index contributed by atoms with van der Waals surface area (Å²) in [6.07, 6.45) is 5.34. The van der Waals surface area contributed by atoms with Crippen LogP contribution in [0.1, 0.15) is 23.6 Å². The second-order valence-electron chi connectivity index (χ2n) is 8.70. The molecule has 188 valence electrons. The van der Waals surface area contributed by atoms with E-state index in [4.69, 9.17) is 24.2 Å². The zero-order chi connectivity index (χ0) is 25.8. The fourth-order valence-electron chi connectivity index (χ4n) is 3.46. The minimum atomic E-state index is -0.351. The molecule has 0 saturated heterocycles. The molecule has 0 aliphatic heterocycles. The largest absolute Gasteiger partial charge is 0.507 e. The first-order valence-corrected chi connectivity index (χ1v) is 11.6. The third-order valence-corrected chi connectivity index (χ3v) is 5.55. The molecule has 3 aromatic carbocycles. The Hall–Kier alpha value is -4.13. The predicted molar refractivity (Wildman–Crippen MR) is 146 cm³/mol. The van der Waals surface area contributed by atoms with Gasteiger partial charge in [-0.25, -0.2) is 0 Å². The van der Waals surface area contributed by atoms with Crippen LogP contribution < -0.4 is 14.2 Å². The molecule has 0 aliphatic rings. The third-order valence-electron chi connectivity index (χ3n) is 5.55. The quantitative estimate of drug-likeness (QED) is 0.361. The molecular formula is C29H33N3O4. The lowest BCUT2D eigenvalue weighted by atomic mass is 9.91. The molecule has 3 aromatic rings. The molecule has 0 heterocycles. The zero-order valence-electron chi connectivity index (χ0n) is 21.2. The maximum Gasteiger partial charge on any atom is 0.124 e. The Morgan fingerprint density at radius 2 is 1.14 bits per heavy atom. The number of phenols is 1. The van der Waals surface area contributed by atoms with Gasteiger partial charge in [-0.2, -0.15) is 0 Å². The van der Waals surface area contributed by atoms with Crippen LogP contribution in [0.3, 0.4) is 0 Å². The molecule has 0 fully saturated rings. The van der Waals surface area contributed by atoms with Gasteiger partial charge in [0.2, 0.25) is 0 Å². The first kappa shape index (κ1) is 26.5. The summed E-state index contributed by atoms with van der Waals surface area (Å²) in [4.78, 5) is 14.0. The number of nitrogens with zero attached hydrogens (tertiary/aromatic N) is 3. The standard InChI is InChI=1S/C29H33N3O4/c1-29(19-30-16-22-7-5-9-25(13-22)34-2,20-31-17-23-8-6-10-26(14-23)35-3)21-32-18-24-15-27(36-4)11-12-28(24)33/h5-18,33H,19-21H2,1-4H3. The summed E-state index contributed by atoms with van der Waals surface area (Å²) >= 11 is 0. The Kier molecular flexibility index (Phi) is 9.63. The predicted octanol–water partition coefficient (Wildman–Crippen LogP) is 5.08. The molecule has 7 nitrogen and oxygen atoms in total. The number of rotatable bonds is 12. The molecule has 7 heteroatoms. The highest BCUT2D eigenvalue weighted by Gasteiger charge is 2.23. The van der Waals surface area contributed by atoms with E-state index < -0.39 is 0 Å². The number of hydrogen-bond donors (Lipinski definition) is 1. The van der Waals surface area contributed by atoms with E-state index in [0.29, 0.717) is 30.9 Å². The fourth-order valence-corrected chi connectivity index (χ4v) is 3.46. The Morgan fingerprint density at radius 3 is 1.64 bits per heavy atom. The molecule has 0 saturated carbocycles. The van der Waals surface area contributed by atoms with Crippen LogP contribution in [0, 0.1) is 5.41 Å². The highest BCUT2D eigenvalue weighted by atomic mass is 16.5. The van der Waals surface area contributed by atoms with Gasteiger partial charge in [-0.3, -0.25) is 15.0 Å². The van der Waals surface area contributed by atoms with E-state index in [0.717, 1.165) is 22.6 Å². The first-order valence-electron chi connectivity index (χ1n) is 11.6. The molecule has 0 aromatic heterocycles. The minimum Gasteiger partial charge on any atom is -0.507 e. The van der Waals surface area contributed by atoms with Gasteiger partial charge >= 0.3 is 0 Å². The molecule has 0 amide bonds. The van der Waals surface area contributed by atoms with E-state index in [2.05, 4.69) is 11.9 Å². The lowest BCUT2D eigenvalue weighted by molar-refractivity contribution is 0.366. The van der Waals surface area contributed by atoms with Crippen molar-refractivity contribution in [2.75, 3.05) is 41.0 Å². The summed E-state index contributed by atoms with van der Waals surface area (Å²) in [7, 11) is 4.88. The smallest absolute Gasteiger partial charge is 0.124 e. The lowest BCUT2D eigenvalue weighted by Gasteiger charge is -2.23. The van der Waals surface area contributed by atoms with Crippen molar-refractivity contribution in [3.05, 3.63) is 83.4 Å². The summed E-state index contributed by atoms with van der Waals surface area (Å²) in [5.41, 5.74) is 2.16. The van der Waals surface area contributed by atoms with Crippen molar-refractivity contribution in [2.24, 2.45) is 20.4 Å². The van der Waals surface area contributed by atoms with Gasteiger partial charge in [0.25, 0.3) is 0 Å². The summed E-state index contributed by atoms with van der Waals surface area (Å²) in [6, 6.07) is 20.5. The molecule has 0 spiro atoms. The van der Waals surface area contributed by atoms with Crippen LogP contribution in [0.15, 0.2) is 81.7 Å². The molecular weight excluding hydrogens is 454 g/mol. The summed E-state index contributed by atoms with van der Waals surface area (Å²) in [6.45, 7) is 3.60. The number of aliphatic imine (C=N–C) groups is 3. The maximum atomic E-state index is 10.2. The van der Waals surface area contributed by atoms with E-state index in [-0.39, 0.29) is 11.2 Å². The number of methoxy groups -OCH3 is 3. The van der Waals surface area contributed by atoms with Crippen LogP contribution in [0.2, 0.25) is 0 Å². The fraction of sp³-hybridized carbons (Fsp3) is 0.276. The first-order chi connectivity index (χ1) is 17.4. The van der Waals surface area contributed by atoms with Crippen LogP contribution in [-0.4, -0.2) is 64.7 Å². The molecule has 0 unspecified atom stereocenters. The van der Waals surface area contributed by atoms with Gasteiger partial charge in [-0.1, -0.05) is 31.2 Å². The van der Waals surface area contributed by atoms with Crippen molar-refractivity contribution in [3.8, 4) is 23.0 Å².